The molecule has 0 amide bonds. The molecule has 4 N–H and O–H groups in total. The summed E-state index contributed by atoms with van der Waals surface area (Å²) in [5.41, 5.74) is 15.1. The summed E-state index contributed by atoms with van der Waals surface area (Å²) in [6, 6.07) is 13.5. The molecule has 0 radical (unpaired) electrons. The lowest BCUT2D eigenvalue weighted by Gasteiger charge is -2.07. The molecule has 0 aliphatic carbocycles. The first-order valence-corrected chi connectivity index (χ1v) is 5.37. The Morgan fingerprint density at radius 2 is 1.73 bits per heavy atom. The van der Waals surface area contributed by atoms with Crippen molar-refractivity contribution in [2.75, 3.05) is 11.5 Å². The van der Waals surface area contributed by atoms with E-state index < -0.39 is 0 Å². The van der Waals surface area contributed by atoms with Crippen LogP contribution in [0.5, 0.6) is 0 Å². The van der Waals surface area contributed by atoms with E-state index in [1.165, 1.54) is 0 Å². The van der Waals surface area contributed by atoms with Crippen LogP contribution in [-0.2, 0) is 0 Å². The molecule has 0 fully saturated rings. The van der Waals surface area contributed by atoms with Crippen LogP contribution >= 0.6 is 15.9 Å². The Kier molecular flexibility index (Phi) is 2.64. The zero-order valence-corrected chi connectivity index (χ0v) is 9.66. The van der Waals surface area contributed by atoms with E-state index in [0.29, 0.717) is 0 Å². The van der Waals surface area contributed by atoms with Crippen LogP contribution in [0.1, 0.15) is 0 Å². The summed E-state index contributed by atoms with van der Waals surface area (Å²) in [7, 11) is 0. The van der Waals surface area contributed by atoms with Gasteiger partial charge in [0.05, 0.1) is 0 Å². The Labute approximate surface area is 97.0 Å². The maximum atomic E-state index is 5.90. The van der Waals surface area contributed by atoms with E-state index >= 15 is 0 Å². The van der Waals surface area contributed by atoms with Crippen LogP contribution in [-0.4, -0.2) is 0 Å². The fourth-order valence-electron chi connectivity index (χ4n) is 1.48. The third-order valence-electron chi connectivity index (χ3n) is 2.21. The van der Waals surface area contributed by atoms with Crippen molar-refractivity contribution in [1.29, 1.82) is 0 Å². The highest BCUT2D eigenvalue weighted by molar-refractivity contribution is 9.10. The molecule has 0 aliphatic heterocycles. The summed E-state index contributed by atoms with van der Waals surface area (Å²) in [5, 5.41) is 0. The number of benzene rings is 2. The minimum Gasteiger partial charge on any atom is -0.399 e. The van der Waals surface area contributed by atoms with Gasteiger partial charge < -0.3 is 11.5 Å². The predicted molar refractivity (Wildman–Crippen MR) is 68.4 cm³/mol. The van der Waals surface area contributed by atoms with Crippen molar-refractivity contribution in [2.24, 2.45) is 0 Å². The lowest BCUT2D eigenvalue weighted by atomic mass is 10.0. The zero-order valence-electron chi connectivity index (χ0n) is 8.07. The standard InChI is InChI=1S/C12H11BrN2/c13-9-3-1-2-8(6-9)11-7-10(14)4-5-12(11)15/h1-7H,14-15H2. The molecule has 0 atom stereocenters. The van der Waals surface area contributed by atoms with E-state index in [4.69, 9.17) is 11.5 Å². The molecular weight excluding hydrogens is 252 g/mol. The fourth-order valence-corrected chi connectivity index (χ4v) is 1.88. The SMILES string of the molecule is Nc1ccc(N)c(-c2cccc(Br)c2)c1. The number of halogens is 1. The van der Waals surface area contributed by atoms with Crippen LogP contribution in [0.25, 0.3) is 11.1 Å². The third-order valence-corrected chi connectivity index (χ3v) is 2.71. The smallest absolute Gasteiger partial charge is 0.0395 e. The first-order valence-electron chi connectivity index (χ1n) is 4.58. The van der Waals surface area contributed by atoms with Crippen LogP contribution in [0, 0.1) is 0 Å². The average Bonchev–Trinajstić information content (AvgIpc) is 2.22. The minimum atomic E-state index is 0.721. The largest absolute Gasteiger partial charge is 0.399 e. The fraction of sp³-hybridized carbons (Fsp3) is 0. The molecule has 76 valence electrons. The molecule has 0 aliphatic rings. The first kappa shape index (κ1) is 10.1. The van der Waals surface area contributed by atoms with Crippen molar-refractivity contribution >= 4 is 27.3 Å². The van der Waals surface area contributed by atoms with E-state index in [0.717, 1.165) is 27.0 Å². The molecule has 0 aromatic heterocycles. The normalized spacial score (nSPS) is 10.2. The number of anilines is 2. The van der Waals surface area contributed by atoms with Crippen molar-refractivity contribution in [3.05, 3.63) is 46.9 Å². The molecule has 2 aromatic rings. The van der Waals surface area contributed by atoms with E-state index in [1.54, 1.807) is 6.07 Å². The molecule has 0 spiro atoms. The summed E-state index contributed by atoms with van der Waals surface area (Å²) < 4.78 is 1.03. The van der Waals surface area contributed by atoms with Gasteiger partial charge in [-0.05, 0) is 35.9 Å². The van der Waals surface area contributed by atoms with Crippen LogP contribution in [0.4, 0.5) is 11.4 Å². The van der Waals surface area contributed by atoms with Crippen molar-refractivity contribution in [3.8, 4) is 11.1 Å². The van der Waals surface area contributed by atoms with Gasteiger partial charge in [0.25, 0.3) is 0 Å². The Hall–Kier alpha value is -1.48. The Balaban J connectivity index is 2.58. The number of nitrogens with two attached hydrogens (primary N) is 2. The maximum Gasteiger partial charge on any atom is 0.0395 e. The van der Waals surface area contributed by atoms with Crippen LogP contribution in [0.3, 0.4) is 0 Å². The molecule has 15 heavy (non-hydrogen) atoms. The Bertz CT molecular complexity index is 495. The highest BCUT2D eigenvalue weighted by atomic mass is 79.9. The third kappa shape index (κ3) is 2.13. The quantitative estimate of drug-likeness (QED) is 0.776. The summed E-state index contributed by atoms with van der Waals surface area (Å²) in [6.07, 6.45) is 0. The molecular formula is C12H11BrN2. The summed E-state index contributed by atoms with van der Waals surface area (Å²) in [4.78, 5) is 0. The molecule has 0 saturated carbocycles. The Morgan fingerprint density at radius 1 is 0.933 bits per heavy atom. The summed E-state index contributed by atoms with van der Waals surface area (Å²) >= 11 is 3.43. The lowest BCUT2D eigenvalue weighted by Crippen LogP contribution is -1.92. The van der Waals surface area contributed by atoms with Gasteiger partial charge in [0.2, 0.25) is 0 Å². The highest BCUT2D eigenvalue weighted by Crippen LogP contribution is 2.29. The summed E-state index contributed by atoms with van der Waals surface area (Å²) in [5.74, 6) is 0. The second-order valence-electron chi connectivity index (χ2n) is 3.36. The molecule has 3 heteroatoms. The van der Waals surface area contributed by atoms with Crippen LogP contribution in [0.2, 0.25) is 0 Å². The minimum absolute atomic E-state index is 0.721. The van der Waals surface area contributed by atoms with E-state index in [1.807, 2.05) is 36.4 Å². The van der Waals surface area contributed by atoms with Crippen molar-refractivity contribution in [2.45, 2.75) is 0 Å². The molecule has 0 bridgehead atoms. The van der Waals surface area contributed by atoms with Gasteiger partial charge in [0.1, 0.15) is 0 Å². The molecule has 2 nitrogen and oxygen atoms in total. The molecule has 0 unspecified atom stereocenters. The molecule has 0 heterocycles. The van der Waals surface area contributed by atoms with Crippen LogP contribution < -0.4 is 11.5 Å². The van der Waals surface area contributed by atoms with Crippen molar-refractivity contribution in [3.63, 3.8) is 0 Å². The second kappa shape index (κ2) is 3.95. The molecule has 0 saturated heterocycles. The predicted octanol–water partition coefficient (Wildman–Crippen LogP) is 3.28. The van der Waals surface area contributed by atoms with Crippen molar-refractivity contribution < 1.29 is 0 Å². The number of hydrogen-bond donors (Lipinski definition) is 2. The van der Waals surface area contributed by atoms with E-state index in [-0.39, 0.29) is 0 Å². The number of hydrogen-bond acceptors (Lipinski definition) is 2. The Morgan fingerprint density at radius 3 is 2.47 bits per heavy atom. The van der Waals surface area contributed by atoms with Crippen molar-refractivity contribution in [1.82, 2.24) is 0 Å². The van der Waals surface area contributed by atoms with Gasteiger partial charge in [-0.25, -0.2) is 0 Å². The highest BCUT2D eigenvalue weighted by Gasteiger charge is 2.03. The van der Waals surface area contributed by atoms with Gasteiger partial charge in [-0.2, -0.15) is 0 Å². The van der Waals surface area contributed by atoms with E-state index in [9.17, 15) is 0 Å². The first-order chi connectivity index (χ1) is 7.16. The average molecular weight is 263 g/mol. The zero-order chi connectivity index (χ0) is 10.8. The molecule has 2 rings (SSSR count). The lowest BCUT2D eigenvalue weighted by molar-refractivity contribution is 1.58. The maximum absolute atomic E-state index is 5.90. The van der Waals surface area contributed by atoms with Gasteiger partial charge in [-0.1, -0.05) is 28.1 Å². The number of rotatable bonds is 1. The summed E-state index contributed by atoms with van der Waals surface area (Å²) in [6.45, 7) is 0. The molecule has 2 aromatic carbocycles. The topological polar surface area (TPSA) is 52.0 Å². The van der Waals surface area contributed by atoms with Crippen LogP contribution in [0.15, 0.2) is 46.9 Å². The van der Waals surface area contributed by atoms with Gasteiger partial charge in [-0.3, -0.25) is 0 Å². The van der Waals surface area contributed by atoms with Gasteiger partial charge >= 0.3 is 0 Å². The van der Waals surface area contributed by atoms with Gasteiger partial charge in [-0.15, -0.1) is 0 Å². The monoisotopic (exact) mass is 262 g/mol. The second-order valence-corrected chi connectivity index (χ2v) is 4.27. The van der Waals surface area contributed by atoms with E-state index in [2.05, 4.69) is 15.9 Å². The van der Waals surface area contributed by atoms with Gasteiger partial charge in [0, 0.05) is 21.4 Å². The number of nitrogen functional groups attached to an aromatic ring is 2. The van der Waals surface area contributed by atoms with Gasteiger partial charge in [0.15, 0.2) is 0 Å².